The monoisotopic (exact) mass is 207 g/mol. The standard InChI is InChI=1S/C12H14FNO/c1-3-12(14-15)9(2)8-10-4-6-11(13)7-5-10/h4-8,15H,3H2,1-2H3/b9-8-,14-12-. The Bertz CT molecular complexity index is 379. The van der Waals surface area contributed by atoms with E-state index in [9.17, 15) is 4.39 Å². The van der Waals surface area contributed by atoms with Gasteiger partial charge in [0.15, 0.2) is 0 Å². The zero-order valence-electron chi connectivity index (χ0n) is 8.87. The average molecular weight is 207 g/mol. The second-order valence-corrected chi connectivity index (χ2v) is 3.28. The Morgan fingerprint density at radius 2 is 2.00 bits per heavy atom. The van der Waals surface area contributed by atoms with Crippen LogP contribution in [0.2, 0.25) is 0 Å². The molecule has 3 heteroatoms. The van der Waals surface area contributed by atoms with E-state index in [0.29, 0.717) is 12.1 Å². The Hall–Kier alpha value is -1.64. The van der Waals surface area contributed by atoms with Crippen molar-refractivity contribution >= 4 is 11.8 Å². The number of halogens is 1. The number of nitrogens with zero attached hydrogens (tertiary/aromatic N) is 1. The molecule has 0 saturated heterocycles. The van der Waals surface area contributed by atoms with Crippen molar-refractivity contribution in [2.45, 2.75) is 20.3 Å². The molecule has 0 atom stereocenters. The van der Waals surface area contributed by atoms with Gasteiger partial charge in [0, 0.05) is 0 Å². The van der Waals surface area contributed by atoms with Gasteiger partial charge in [0.05, 0.1) is 5.71 Å². The van der Waals surface area contributed by atoms with E-state index in [2.05, 4.69) is 5.16 Å². The fraction of sp³-hybridized carbons (Fsp3) is 0.250. The van der Waals surface area contributed by atoms with Crippen molar-refractivity contribution in [3.63, 3.8) is 0 Å². The Morgan fingerprint density at radius 3 is 2.47 bits per heavy atom. The molecule has 0 spiro atoms. The Morgan fingerprint density at radius 1 is 1.40 bits per heavy atom. The summed E-state index contributed by atoms with van der Waals surface area (Å²) < 4.78 is 12.6. The highest BCUT2D eigenvalue weighted by molar-refractivity contribution is 6.02. The number of rotatable bonds is 3. The molecular weight excluding hydrogens is 193 g/mol. The summed E-state index contributed by atoms with van der Waals surface area (Å²) in [4.78, 5) is 0. The van der Waals surface area contributed by atoms with Crippen LogP contribution in [0.5, 0.6) is 0 Å². The smallest absolute Gasteiger partial charge is 0.123 e. The zero-order valence-corrected chi connectivity index (χ0v) is 8.87. The molecular formula is C12H14FNO. The molecule has 0 fully saturated rings. The van der Waals surface area contributed by atoms with Crippen LogP contribution >= 0.6 is 0 Å². The Labute approximate surface area is 88.7 Å². The lowest BCUT2D eigenvalue weighted by Gasteiger charge is -2.01. The third-order valence-corrected chi connectivity index (χ3v) is 2.16. The van der Waals surface area contributed by atoms with Crippen LogP contribution in [0.4, 0.5) is 4.39 Å². The van der Waals surface area contributed by atoms with E-state index in [0.717, 1.165) is 11.1 Å². The minimum Gasteiger partial charge on any atom is -0.411 e. The number of hydrogen-bond donors (Lipinski definition) is 1. The molecule has 1 aromatic rings. The van der Waals surface area contributed by atoms with Crippen LogP contribution in [0.1, 0.15) is 25.8 Å². The van der Waals surface area contributed by atoms with Gasteiger partial charge < -0.3 is 5.21 Å². The van der Waals surface area contributed by atoms with Crippen LogP contribution < -0.4 is 0 Å². The molecule has 0 bridgehead atoms. The van der Waals surface area contributed by atoms with Gasteiger partial charge in [-0.15, -0.1) is 0 Å². The molecule has 0 aliphatic carbocycles. The number of benzene rings is 1. The van der Waals surface area contributed by atoms with E-state index in [1.54, 1.807) is 12.1 Å². The van der Waals surface area contributed by atoms with Crippen LogP contribution in [0, 0.1) is 5.82 Å². The quantitative estimate of drug-likeness (QED) is 0.459. The molecule has 1 N–H and O–H groups in total. The molecule has 2 nitrogen and oxygen atoms in total. The highest BCUT2D eigenvalue weighted by atomic mass is 19.1. The van der Waals surface area contributed by atoms with E-state index < -0.39 is 0 Å². The molecule has 0 radical (unpaired) electrons. The molecule has 80 valence electrons. The highest BCUT2D eigenvalue weighted by Gasteiger charge is 1.99. The van der Waals surface area contributed by atoms with Crippen molar-refractivity contribution in [2.75, 3.05) is 0 Å². The summed E-state index contributed by atoms with van der Waals surface area (Å²) in [6.45, 7) is 3.78. The van der Waals surface area contributed by atoms with Gasteiger partial charge >= 0.3 is 0 Å². The lowest BCUT2D eigenvalue weighted by molar-refractivity contribution is 0.318. The first-order valence-corrected chi connectivity index (χ1v) is 4.82. The van der Waals surface area contributed by atoms with Crippen molar-refractivity contribution in [3.8, 4) is 0 Å². The molecule has 0 aliphatic heterocycles. The molecule has 0 unspecified atom stereocenters. The third-order valence-electron chi connectivity index (χ3n) is 2.16. The molecule has 1 aromatic carbocycles. The minimum atomic E-state index is -0.253. The lowest BCUT2D eigenvalue weighted by atomic mass is 10.1. The Balaban J connectivity index is 2.92. The van der Waals surface area contributed by atoms with Gasteiger partial charge in [-0.05, 0) is 36.6 Å². The first-order chi connectivity index (χ1) is 7.17. The van der Waals surface area contributed by atoms with Gasteiger partial charge in [0.2, 0.25) is 0 Å². The molecule has 0 heterocycles. The first-order valence-electron chi connectivity index (χ1n) is 4.82. The predicted octanol–water partition coefficient (Wildman–Crippen LogP) is 3.47. The molecule has 0 amide bonds. The maximum atomic E-state index is 12.6. The van der Waals surface area contributed by atoms with E-state index in [4.69, 9.17) is 5.21 Å². The van der Waals surface area contributed by atoms with Crippen LogP contribution in [0.15, 0.2) is 35.0 Å². The number of hydrogen-bond acceptors (Lipinski definition) is 2. The maximum Gasteiger partial charge on any atom is 0.123 e. The van der Waals surface area contributed by atoms with Crippen molar-refractivity contribution < 1.29 is 9.60 Å². The summed E-state index contributed by atoms with van der Waals surface area (Å²) >= 11 is 0. The Kier molecular flexibility index (Phi) is 4.03. The lowest BCUT2D eigenvalue weighted by Crippen LogP contribution is -1.97. The fourth-order valence-electron chi connectivity index (χ4n) is 1.32. The van der Waals surface area contributed by atoms with Gasteiger partial charge in [-0.25, -0.2) is 4.39 Å². The summed E-state index contributed by atoms with van der Waals surface area (Å²) in [5.74, 6) is -0.253. The first kappa shape index (κ1) is 11.4. The fourth-order valence-corrected chi connectivity index (χ4v) is 1.32. The summed E-state index contributed by atoms with van der Waals surface area (Å²) in [6.07, 6.45) is 2.53. The molecule has 0 aromatic heterocycles. The number of allylic oxidation sites excluding steroid dienone is 1. The normalized spacial score (nSPS) is 13.0. The second kappa shape index (κ2) is 5.29. The SMILES string of the molecule is CCC(=N/O)/C(C)=C\c1ccc(F)cc1. The van der Waals surface area contributed by atoms with Gasteiger partial charge in [0.1, 0.15) is 5.82 Å². The molecule has 0 saturated carbocycles. The maximum absolute atomic E-state index is 12.6. The third kappa shape index (κ3) is 3.20. The molecule has 0 aliphatic rings. The van der Waals surface area contributed by atoms with Gasteiger partial charge in [-0.1, -0.05) is 30.3 Å². The van der Waals surface area contributed by atoms with Crippen LogP contribution in [0.3, 0.4) is 0 Å². The van der Waals surface area contributed by atoms with E-state index in [1.165, 1.54) is 12.1 Å². The van der Waals surface area contributed by atoms with E-state index in [1.807, 2.05) is 19.9 Å². The highest BCUT2D eigenvalue weighted by Crippen LogP contribution is 2.10. The summed E-state index contributed by atoms with van der Waals surface area (Å²) in [7, 11) is 0. The zero-order chi connectivity index (χ0) is 11.3. The van der Waals surface area contributed by atoms with Crippen LogP contribution in [0.25, 0.3) is 6.08 Å². The largest absolute Gasteiger partial charge is 0.411 e. The molecule has 15 heavy (non-hydrogen) atoms. The van der Waals surface area contributed by atoms with Crippen molar-refractivity contribution in [1.82, 2.24) is 0 Å². The van der Waals surface area contributed by atoms with Gasteiger partial charge in [0.25, 0.3) is 0 Å². The minimum absolute atomic E-state index is 0.253. The van der Waals surface area contributed by atoms with E-state index >= 15 is 0 Å². The van der Waals surface area contributed by atoms with Crippen molar-refractivity contribution in [3.05, 3.63) is 41.2 Å². The van der Waals surface area contributed by atoms with E-state index in [-0.39, 0.29) is 5.82 Å². The van der Waals surface area contributed by atoms with Crippen molar-refractivity contribution in [1.29, 1.82) is 0 Å². The topological polar surface area (TPSA) is 32.6 Å². The van der Waals surface area contributed by atoms with Crippen LogP contribution in [-0.4, -0.2) is 10.9 Å². The van der Waals surface area contributed by atoms with Crippen molar-refractivity contribution in [2.24, 2.45) is 5.16 Å². The number of oxime groups is 1. The summed E-state index contributed by atoms with van der Waals surface area (Å²) in [5.41, 5.74) is 2.41. The van der Waals surface area contributed by atoms with Gasteiger partial charge in [-0.2, -0.15) is 0 Å². The van der Waals surface area contributed by atoms with Crippen LogP contribution in [-0.2, 0) is 0 Å². The molecule has 1 rings (SSSR count). The van der Waals surface area contributed by atoms with Gasteiger partial charge in [-0.3, -0.25) is 0 Å². The predicted molar refractivity (Wildman–Crippen MR) is 59.6 cm³/mol. The second-order valence-electron chi connectivity index (χ2n) is 3.28. The summed E-state index contributed by atoms with van der Waals surface area (Å²) in [6, 6.07) is 6.18. The summed E-state index contributed by atoms with van der Waals surface area (Å²) in [5, 5.41) is 11.9. The average Bonchev–Trinajstić information content (AvgIpc) is 2.23.